The summed E-state index contributed by atoms with van der Waals surface area (Å²) in [6, 6.07) is 22.2. The smallest absolute Gasteiger partial charge is 0.252 e. The van der Waals surface area contributed by atoms with Gasteiger partial charge in [-0.15, -0.1) is 0 Å². The number of hydrogen-bond acceptors (Lipinski definition) is 6. The second kappa shape index (κ2) is 11.4. The molecule has 5 rings (SSSR count). The summed E-state index contributed by atoms with van der Waals surface area (Å²) in [4.78, 5) is 41.5. The number of piperazine rings is 2. The van der Waals surface area contributed by atoms with E-state index in [-0.39, 0.29) is 11.5 Å². The molecule has 0 aliphatic carbocycles. The maximum Gasteiger partial charge on any atom is 0.252 e. The van der Waals surface area contributed by atoms with Gasteiger partial charge in [-0.2, -0.15) is 0 Å². The molecule has 3 aromatic rings. The monoisotopic (exact) mass is 486 g/mol. The van der Waals surface area contributed by atoms with Crippen LogP contribution in [-0.4, -0.2) is 78.0 Å². The van der Waals surface area contributed by atoms with Gasteiger partial charge in [0, 0.05) is 77.1 Å². The van der Waals surface area contributed by atoms with Crippen LogP contribution in [0.3, 0.4) is 0 Å². The molecule has 1 aromatic heterocycles. The van der Waals surface area contributed by atoms with Gasteiger partial charge in [0.05, 0.1) is 5.69 Å². The summed E-state index contributed by atoms with van der Waals surface area (Å²) in [5, 5.41) is 0. The summed E-state index contributed by atoms with van der Waals surface area (Å²) in [5.74, 6) is 0.792. The first-order chi connectivity index (χ1) is 17.6. The lowest BCUT2D eigenvalue weighted by Crippen LogP contribution is -2.49. The molecule has 0 unspecified atom stereocenters. The number of benzene rings is 2. The molecule has 36 heavy (non-hydrogen) atoms. The van der Waals surface area contributed by atoms with Crippen LogP contribution < -0.4 is 15.4 Å². The number of nitrogens with zero attached hydrogens (tertiary/aromatic N) is 5. The Morgan fingerprint density at radius 2 is 1.44 bits per heavy atom. The van der Waals surface area contributed by atoms with Crippen LogP contribution >= 0.6 is 0 Å². The summed E-state index contributed by atoms with van der Waals surface area (Å²) in [6.45, 7) is 7.06. The molecule has 0 atom stereocenters. The highest BCUT2D eigenvalue weighted by Gasteiger charge is 2.23. The van der Waals surface area contributed by atoms with E-state index in [0.29, 0.717) is 45.1 Å². The highest BCUT2D eigenvalue weighted by Crippen LogP contribution is 2.17. The first-order valence-corrected chi connectivity index (χ1v) is 12.8. The van der Waals surface area contributed by atoms with E-state index in [4.69, 9.17) is 4.98 Å². The first kappa shape index (κ1) is 24.1. The Balaban J connectivity index is 1.12. The van der Waals surface area contributed by atoms with Crippen molar-refractivity contribution in [1.82, 2.24) is 19.8 Å². The number of nitrogens with one attached hydrogen (secondary N) is 1. The van der Waals surface area contributed by atoms with Crippen molar-refractivity contribution in [1.29, 1.82) is 0 Å². The lowest BCUT2D eigenvalue weighted by Gasteiger charge is -2.36. The number of aryl methyl sites for hydroxylation is 1. The first-order valence-electron chi connectivity index (χ1n) is 12.8. The standard InChI is InChI=1S/C28H34N6O2/c35-26-21-24(22-31-13-15-32(16-14-31)25-9-5-2-6-10-25)29-28(30-26)34-19-17-33(18-20-34)27(36)12-11-23-7-3-1-4-8-23/h1-10,21H,11-20,22H2,(H,29,30,35). The van der Waals surface area contributed by atoms with E-state index < -0.39 is 0 Å². The van der Waals surface area contributed by atoms with Crippen molar-refractivity contribution in [2.75, 3.05) is 62.2 Å². The van der Waals surface area contributed by atoms with Gasteiger partial charge in [0.2, 0.25) is 11.9 Å². The number of hydrogen-bond donors (Lipinski definition) is 1. The zero-order chi connectivity index (χ0) is 24.7. The quantitative estimate of drug-likeness (QED) is 0.553. The molecule has 8 nitrogen and oxygen atoms in total. The van der Waals surface area contributed by atoms with Gasteiger partial charge in [-0.1, -0.05) is 48.5 Å². The number of aromatic amines is 1. The van der Waals surface area contributed by atoms with Crippen LogP contribution in [0, 0.1) is 0 Å². The molecule has 0 spiro atoms. The predicted molar refractivity (Wildman–Crippen MR) is 142 cm³/mol. The molecule has 2 fully saturated rings. The van der Waals surface area contributed by atoms with Crippen molar-refractivity contribution < 1.29 is 4.79 Å². The van der Waals surface area contributed by atoms with E-state index in [2.05, 4.69) is 56.1 Å². The molecular formula is C28H34N6O2. The number of rotatable bonds is 7. The van der Waals surface area contributed by atoms with Gasteiger partial charge in [0.25, 0.3) is 5.56 Å². The second-order valence-corrected chi connectivity index (χ2v) is 9.51. The number of H-pyrrole nitrogens is 1. The van der Waals surface area contributed by atoms with Crippen molar-refractivity contribution in [2.24, 2.45) is 0 Å². The van der Waals surface area contributed by atoms with Gasteiger partial charge in [0.1, 0.15) is 0 Å². The molecule has 0 saturated carbocycles. The normalized spacial score (nSPS) is 16.8. The molecule has 2 aromatic carbocycles. The van der Waals surface area contributed by atoms with Crippen molar-refractivity contribution in [2.45, 2.75) is 19.4 Å². The minimum absolute atomic E-state index is 0.126. The fraction of sp³-hybridized carbons (Fsp3) is 0.393. The zero-order valence-electron chi connectivity index (χ0n) is 20.7. The van der Waals surface area contributed by atoms with Gasteiger partial charge < -0.3 is 14.7 Å². The average Bonchev–Trinajstić information content (AvgIpc) is 2.93. The van der Waals surface area contributed by atoms with Crippen LogP contribution in [0.2, 0.25) is 0 Å². The van der Waals surface area contributed by atoms with Crippen LogP contribution in [0.25, 0.3) is 0 Å². The van der Waals surface area contributed by atoms with Gasteiger partial charge in [-0.3, -0.25) is 19.5 Å². The maximum atomic E-state index is 12.7. The molecule has 1 amide bonds. The third kappa shape index (κ3) is 6.12. The third-order valence-electron chi connectivity index (χ3n) is 7.06. The molecule has 3 heterocycles. The summed E-state index contributed by atoms with van der Waals surface area (Å²) in [5.41, 5.74) is 3.11. The topological polar surface area (TPSA) is 75.8 Å². The maximum absolute atomic E-state index is 12.7. The number of aromatic nitrogens is 2. The van der Waals surface area contributed by atoms with Crippen molar-refractivity contribution in [3.05, 3.63) is 88.3 Å². The molecule has 0 bridgehead atoms. The largest absolute Gasteiger partial charge is 0.369 e. The van der Waals surface area contributed by atoms with E-state index in [1.807, 2.05) is 29.2 Å². The Bertz CT molecular complexity index is 1180. The van der Waals surface area contributed by atoms with Crippen LogP contribution in [-0.2, 0) is 17.8 Å². The third-order valence-corrected chi connectivity index (χ3v) is 7.06. The molecule has 188 valence electrons. The zero-order valence-corrected chi connectivity index (χ0v) is 20.7. The van der Waals surface area contributed by atoms with Crippen LogP contribution in [0.5, 0.6) is 0 Å². The Morgan fingerprint density at radius 3 is 2.14 bits per heavy atom. The lowest BCUT2D eigenvalue weighted by atomic mass is 10.1. The Hall–Kier alpha value is -3.65. The number of amides is 1. The van der Waals surface area contributed by atoms with E-state index in [0.717, 1.165) is 38.3 Å². The highest BCUT2D eigenvalue weighted by atomic mass is 16.2. The molecule has 8 heteroatoms. The number of carbonyl (C=O) groups excluding carboxylic acids is 1. The summed E-state index contributed by atoms with van der Waals surface area (Å²) in [6.07, 6.45) is 1.28. The Kier molecular flexibility index (Phi) is 7.61. The summed E-state index contributed by atoms with van der Waals surface area (Å²) < 4.78 is 0. The van der Waals surface area contributed by atoms with E-state index in [1.54, 1.807) is 6.07 Å². The second-order valence-electron chi connectivity index (χ2n) is 9.51. The number of anilines is 2. The molecule has 2 aliphatic heterocycles. The van der Waals surface area contributed by atoms with Gasteiger partial charge in [0.15, 0.2) is 0 Å². The fourth-order valence-corrected chi connectivity index (χ4v) is 4.98. The summed E-state index contributed by atoms with van der Waals surface area (Å²) in [7, 11) is 0. The molecule has 0 radical (unpaired) electrons. The van der Waals surface area contributed by atoms with Gasteiger partial charge in [-0.25, -0.2) is 4.98 Å². The van der Waals surface area contributed by atoms with E-state index in [9.17, 15) is 9.59 Å². The van der Waals surface area contributed by atoms with Crippen LogP contribution in [0.4, 0.5) is 11.6 Å². The SMILES string of the molecule is O=C(CCc1ccccc1)N1CCN(c2nc(CN3CCN(c4ccccc4)CC3)cc(=O)[nH]2)CC1. The number of carbonyl (C=O) groups is 1. The summed E-state index contributed by atoms with van der Waals surface area (Å²) >= 11 is 0. The van der Waals surface area contributed by atoms with E-state index in [1.165, 1.54) is 11.3 Å². The van der Waals surface area contributed by atoms with Crippen molar-refractivity contribution in [3.8, 4) is 0 Å². The minimum Gasteiger partial charge on any atom is -0.369 e. The molecule has 2 aliphatic rings. The van der Waals surface area contributed by atoms with Crippen LogP contribution in [0.15, 0.2) is 71.5 Å². The molecular weight excluding hydrogens is 452 g/mol. The highest BCUT2D eigenvalue weighted by molar-refractivity contribution is 5.76. The van der Waals surface area contributed by atoms with Crippen molar-refractivity contribution in [3.63, 3.8) is 0 Å². The Labute approximate surface area is 212 Å². The van der Waals surface area contributed by atoms with Crippen molar-refractivity contribution >= 4 is 17.5 Å². The Morgan fingerprint density at radius 1 is 0.806 bits per heavy atom. The lowest BCUT2D eigenvalue weighted by molar-refractivity contribution is -0.131. The fourth-order valence-electron chi connectivity index (χ4n) is 4.98. The minimum atomic E-state index is -0.126. The predicted octanol–water partition coefficient (Wildman–Crippen LogP) is 2.37. The molecule has 2 saturated heterocycles. The van der Waals surface area contributed by atoms with Gasteiger partial charge in [-0.05, 0) is 24.1 Å². The van der Waals surface area contributed by atoms with Gasteiger partial charge >= 0.3 is 0 Å². The average molecular weight is 487 g/mol. The number of para-hydroxylation sites is 1. The van der Waals surface area contributed by atoms with Crippen LogP contribution in [0.1, 0.15) is 17.7 Å². The molecule has 1 N–H and O–H groups in total. The van der Waals surface area contributed by atoms with E-state index >= 15 is 0 Å².